The van der Waals surface area contributed by atoms with Crippen LogP contribution >= 0.6 is 22.7 Å². The Morgan fingerprint density at radius 3 is 2.84 bits per heavy atom. The SMILES string of the molecule is Cc1nn2c(CNC(=O)Cc3ccsc3)c(-c3ccccc3)nc2s1. The molecule has 0 aliphatic carbocycles. The topological polar surface area (TPSA) is 59.3 Å². The Labute approximate surface area is 153 Å². The van der Waals surface area contributed by atoms with Crippen molar-refractivity contribution in [1.29, 1.82) is 0 Å². The lowest BCUT2D eigenvalue weighted by Crippen LogP contribution is -2.25. The molecular weight excluding hydrogens is 352 g/mol. The van der Waals surface area contributed by atoms with Crippen LogP contribution in [-0.2, 0) is 17.8 Å². The summed E-state index contributed by atoms with van der Waals surface area (Å²) >= 11 is 3.15. The number of imidazole rings is 1. The van der Waals surface area contributed by atoms with Crippen molar-refractivity contribution in [1.82, 2.24) is 19.9 Å². The van der Waals surface area contributed by atoms with Gasteiger partial charge in [-0.25, -0.2) is 9.50 Å². The maximum Gasteiger partial charge on any atom is 0.224 e. The van der Waals surface area contributed by atoms with E-state index >= 15 is 0 Å². The third-order valence-corrected chi connectivity index (χ3v) is 5.40. The van der Waals surface area contributed by atoms with E-state index in [-0.39, 0.29) is 5.91 Å². The van der Waals surface area contributed by atoms with Gasteiger partial charge in [0, 0.05) is 5.56 Å². The van der Waals surface area contributed by atoms with Gasteiger partial charge in [-0.1, -0.05) is 41.7 Å². The number of carbonyl (C=O) groups excluding carboxylic acids is 1. The molecule has 0 atom stereocenters. The van der Waals surface area contributed by atoms with Gasteiger partial charge >= 0.3 is 0 Å². The molecule has 1 amide bonds. The lowest BCUT2D eigenvalue weighted by atomic mass is 10.1. The van der Waals surface area contributed by atoms with Crippen LogP contribution in [0.2, 0.25) is 0 Å². The van der Waals surface area contributed by atoms with Gasteiger partial charge in [-0.05, 0) is 29.3 Å². The van der Waals surface area contributed by atoms with E-state index in [4.69, 9.17) is 4.98 Å². The molecule has 0 radical (unpaired) electrons. The standard InChI is InChI=1S/C18H16N4OS2/c1-12-21-22-15(10-19-16(23)9-13-7-8-24-11-13)17(20-18(22)25-12)14-5-3-2-4-6-14/h2-8,11H,9-10H2,1H3,(H,19,23). The maximum absolute atomic E-state index is 12.2. The maximum atomic E-state index is 12.2. The van der Waals surface area contributed by atoms with Crippen LogP contribution in [0, 0.1) is 6.92 Å². The highest BCUT2D eigenvalue weighted by Gasteiger charge is 2.17. The molecule has 3 aromatic heterocycles. The Bertz CT molecular complexity index is 1000. The van der Waals surface area contributed by atoms with Gasteiger partial charge in [-0.3, -0.25) is 4.79 Å². The van der Waals surface area contributed by atoms with Crippen LogP contribution < -0.4 is 5.32 Å². The number of thiophene rings is 1. The summed E-state index contributed by atoms with van der Waals surface area (Å²) < 4.78 is 1.84. The van der Waals surface area contributed by atoms with E-state index < -0.39 is 0 Å². The first-order valence-corrected chi connectivity index (χ1v) is 9.65. The minimum absolute atomic E-state index is 0.000636. The summed E-state index contributed by atoms with van der Waals surface area (Å²) in [4.78, 5) is 17.8. The van der Waals surface area contributed by atoms with Gasteiger partial charge in [-0.2, -0.15) is 16.4 Å². The van der Waals surface area contributed by atoms with Gasteiger partial charge in [0.15, 0.2) is 0 Å². The van der Waals surface area contributed by atoms with E-state index in [2.05, 4.69) is 10.4 Å². The van der Waals surface area contributed by atoms with Gasteiger partial charge < -0.3 is 5.32 Å². The molecule has 0 bridgehead atoms. The van der Waals surface area contributed by atoms with Crippen LogP contribution in [0.4, 0.5) is 0 Å². The summed E-state index contributed by atoms with van der Waals surface area (Å²) in [5.41, 5.74) is 3.84. The number of carbonyl (C=O) groups is 1. The predicted octanol–water partition coefficient (Wildman–Crippen LogP) is 3.69. The second-order valence-electron chi connectivity index (χ2n) is 5.67. The third kappa shape index (κ3) is 3.33. The smallest absolute Gasteiger partial charge is 0.224 e. The molecule has 5 nitrogen and oxygen atoms in total. The van der Waals surface area contributed by atoms with Crippen LogP contribution in [0.3, 0.4) is 0 Å². The number of aromatic nitrogens is 3. The molecule has 1 N–H and O–H groups in total. The molecule has 0 saturated heterocycles. The fourth-order valence-electron chi connectivity index (χ4n) is 2.70. The molecule has 4 rings (SSSR count). The molecule has 0 saturated carbocycles. The summed E-state index contributed by atoms with van der Waals surface area (Å²) in [5, 5.41) is 12.5. The molecule has 7 heteroatoms. The zero-order valence-corrected chi connectivity index (χ0v) is 15.2. The Kier molecular flexibility index (Phi) is 4.33. The number of fused-ring (bicyclic) bond motifs is 1. The van der Waals surface area contributed by atoms with Crippen LogP contribution in [-0.4, -0.2) is 20.5 Å². The van der Waals surface area contributed by atoms with Crippen molar-refractivity contribution in [3.8, 4) is 11.3 Å². The number of rotatable bonds is 5. The van der Waals surface area contributed by atoms with Crippen LogP contribution in [0.25, 0.3) is 16.2 Å². The van der Waals surface area contributed by atoms with Gasteiger partial charge in [0.2, 0.25) is 10.9 Å². The van der Waals surface area contributed by atoms with Crippen molar-refractivity contribution in [2.75, 3.05) is 0 Å². The van der Waals surface area contributed by atoms with Crippen molar-refractivity contribution in [2.45, 2.75) is 19.9 Å². The predicted molar refractivity (Wildman–Crippen MR) is 101 cm³/mol. The van der Waals surface area contributed by atoms with Crippen molar-refractivity contribution in [3.63, 3.8) is 0 Å². The Morgan fingerprint density at radius 1 is 1.24 bits per heavy atom. The van der Waals surface area contributed by atoms with E-state index in [1.807, 2.05) is 58.6 Å². The highest BCUT2D eigenvalue weighted by molar-refractivity contribution is 7.16. The average Bonchev–Trinajstić information content (AvgIpc) is 3.30. The minimum atomic E-state index is -0.000636. The third-order valence-electron chi connectivity index (χ3n) is 3.84. The number of hydrogen-bond acceptors (Lipinski definition) is 5. The normalized spacial score (nSPS) is 11.1. The number of nitrogens with one attached hydrogen (secondary N) is 1. The quantitative estimate of drug-likeness (QED) is 0.584. The Balaban J connectivity index is 1.61. The molecular formula is C18H16N4OS2. The van der Waals surface area contributed by atoms with Crippen LogP contribution in [0.15, 0.2) is 47.2 Å². The van der Waals surface area contributed by atoms with Gasteiger partial charge in [0.1, 0.15) is 5.01 Å². The van der Waals surface area contributed by atoms with E-state index in [0.717, 1.165) is 32.5 Å². The second-order valence-corrected chi connectivity index (χ2v) is 7.61. The number of aryl methyl sites for hydroxylation is 1. The zero-order chi connectivity index (χ0) is 17.2. The molecule has 126 valence electrons. The van der Waals surface area contributed by atoms with Crippen LogP contribution in [0.5, 0.6) is 0 Å². The molecule has 25 heavy (non-hydrogen) atoms. The summed E-state index contributed by atoms with van der Waals surface area (Å²) in [5.74, 6) is -0.000636. The highest BCUT2D eigenvalue weighted by atomic mass is 32.1. The summed E-state index contributed by atoms with van der Waals surface area (Å²) in [6.45, 7) is 2.36. The van der Waals surface area contributed by atoms with Crippen molar-refractivity contribution in [2.24, 2.45) is 0 Å². The fourth-order valence-corrected chi connectivity index (χ4v) is 4.12. The first-order chi connectivity index (χ1) is 12.2. The second kappa shape index (κ2) is 6.78. The summed E-state index contributed by atoms with van der Waals surface area (Å²) in [6, 6.07) is 12.0. The fraction of sp³-hybridized carbons (Fsp3) is 0.167. The minimum Gasteiger partial charge on any atom is -0.350 e. The molecule has 0 spiro atoms. The molecule has 0 aliphatic rings. The van der Waals surface area contributed by atoms with Crippen molar-refractivity contribution >= 4 is 33.5 Å². The van der Waals surface area contributed by atoms with Crippen molar-refractivity contribution < 1.29 is 4.79 Å². The van der Waals surface area contributed by atoms with E-state index in [1.54, 1.807) is 22.7 Å². The highest BCUT2D eigenvalue weighted by Crippen LogP contribution is 2.26. The monoisotopic (exact) mass is 368 g/mol. The van der Waals surface area contributed by atoms with E-state index in [9.17, 15) is 4.79 Å². The number of hydrogen-bond donors (Lipinski definition) is 1. The first-order valence-electron chi connectivity index (χ1n) is 7.89. The Morgan fingerprint density at radius 2 is 2.08 bits per heavy atom. The average molecular weight is 368 g/mol. The number of benzene rings is 1. The molecule has 0 fully saturated rings. The van der Waals surface area contributed by atoms with E-state index in [0.29, 0.717) is 13.0 Å². The van der Waals surface area contributed by atoms with Gasteiger partial charge in [0.25, 0.3) is 0 Å². The van der Waals surface area contributed by atoms with Gasteiger partial charge in [0.05, 0.1) is 24.4 Å². The molecule has 3 heterocycles. The van der Waals surface area contributed by atoms with Crippen LogP contribution in [0.1, 0.15) is 16.3 Å². The first kappa shape index (κ1) is 16.0. The van der Waals surface area contributed by atoms with E-state index in [1.165, 1.54) is 0 Å². The molecule has 0 aliphatic heterocycles. The lowest BCUT2D eigenvalue weighted by Gasteiger charge is -2.06. The molecule has 1 aromatic carbocycles. The zero-order valence-electron chi connectivity index (χ0n) is 13.6. The summed E-state index contributed by atoms with van der Waals surface area (Å²) in [6.07, 6.45) is 0.391. The summed E-state index contributed by atoms with van der Waals surface area (Å²) in [7, 11) is 0. The number of amides is 1. The van der Waals surface area contributed by atoms with Crippen molar-refractivity contribution in [3.05, 3.63) is 63.4 Å². The lowest BCUT2D eigenvalue weighted by molar-refractivity contribution is -0.120. The number of nitrogens with zero attached hydrogens (tertiary/aromatic N) is 3. The van der Waals surface area contributed by atoms with Gasteiger partial charge in [-0.15, -0.1) is 0 Å². The largest absolute Gasteiger partial charge is 0.350 e. The Hall–Kier alpha value is -2.51. The molecule has 0 unspecified atom stereocenters. The molecule has 4 aromatic rings.